The van der Waals surface area contributed by atoms with Crippen molar-refractivity contribution < 1.29 is 10.2 Å². The van der Waals surface area contributed by atoms with Crippen LogP contribution in [0.15, 0.2) is 0 Å². The lowest BCUT2D eigenvalue weighted by Gasteiger charge is -2.48. The Morgan fingerprint density at radius 1 is 0.593 bits per heavy atom. The molecule has 2 N–H and O–H groups in total. The predicted octanol–water partition coefficient (Wildman–Crippen LogP) is 7.02. The first kappa shape index (κ1) is 23.2. The Bertz CT molecular complexity index is 343. The van der Waals surface area contributed by atoms with Gasteiger partial charge in [-0.1, -0.05) is 71.6 Å². The number of unbranched alkanes of at least 4 members (excludes halogenated alkanes) is 8. The summed E-state index contributed by atoms with van der Waals surface area (Å²) in [5, 5.41) is 19.9. The molecule has 0 aromatic carbocycles. The normalized spacial score (nSPS) is 31.6. The Morgan fingerprint density at radius 3 is 1.37 bits per heavy atom. The Labute approximate surface area is 169 Å². The quantitative estimate of drug-likeness (QED) is 0.357. The summed E-state index contributed by atoms with van der Waals surface area (Å²) in [6, 6.07) is 0. The lowest BCUT2D eigenvalue weighted by molar-refractivity contribution is -0.0157. The first-order valence-corrected chi connectivity index (χ1v) is 12.4. The van der Waals surface area contributed by atoms with Gasteiger partial charge in [0, 0.05) is 0 Å². The largest absolute Gasteiger partial charge is 0.393 e. The van der Waals surface area contributed by atoms with Crippen LogP contribution in [0.2, 0.25) is 0 Å². The van der Waals surface area contributed by atoms with E-state index >= 15 is 0 Å². The Morgan fingerprint density at radius 2 is 0.963 bits per heavy atom. The Balaban J connectivity index is 1.76. The van der Waals surface area contributed by atoms with Crippen molar-refractivity contribution in [3.05, 3.63) is 0 Å². The summed E-state index contributed by atoms with van der Waals surface area (Å²) < 4.78 is 0. The third-order valence-electron chi connectivity index (χ3n) is 8.08. The molecule has 0 aliphatic heterocycles. The average Bonchev–Trinajstić information content (AvgIpc) is 2.67. The van der Waals surface area contributed by atoms with Gasteiger partial charge in [0.25, 0.3) is 0 Å². The van der Waals surface area contributed by atoms with Crippen molar-refractivity contribution in [2.24, 2.45) is 17.3 Å². The molecule has 0 saturated heterocycles. The van der Waals surface area contributed by atoms with Crippen LogP contribution >= 0.6 is 0 Å². The van der Waals surface area contributed by atoms with Crippen molar-refractivity contribution in [2.45, 2.75) is 142 Å². The van der Waals surface area contributed by atoms with Crippen molar-refractivity contribution in [3.8, 4) is 0 Å². The van der Waals surface area contributed by atoms with E-state index in [9.17, 15) is 10.2 Å². The summed E-state index contributed by atoms with van der Waals surface area (Å²) in [7, 11) is 0. The average molecular weight is 381 g/mol. The van der Waals surface area contributed by atoms with Crippen LogP contribution in [0.1, 0.15) is 129 Å². The van der Waals surface area contributed by atoms with Crippen LogP contribution < -0.4 is 0 Å². The monoisotopic (exact) mass is 380 g/mol. The second-order valence-corrected chi connectivity index (χ2v) is 10.1. The van der Waals surface area contributed by atoms with Gasteiger partial charge in [-0.15, -0.1) is 0 Å². The van der Waals surface area contributed by atoms with E-state index in [-0.39, 0.29) is 12.2 Å². The zero-order chi connectivity index (χ0) is 19.5. The van der Waals surface area contributed by atoms with E-state index in [1.165, 1.54) is 89.9 Å². The third kappa shape index (κ3) is 7.69. The fraction of sp³-hybridized carbons (Fsp3) is 1.00. The van der Waals surface area contributed by atoms with Crippen molar-refractivity contribution in [1.29, 1.82) is 0 Å². The molecule has 2 fully saturated rings. The molecule has 0 amide bonds. The topological polar surface area (TPSA) is 40.5 Å². The van der Waals surface area contributed by atoms with Crippen molar-refractivity contribution in [3.63, 3.8) is 0 Å². The molecule has 0 spiro atoms. The number of aliphatic hydroxyl groups excluding tert-OH is 2. The predicted molar refractivity (Wildman–Crippen MR) is 116 cm³/mol. The van der Waals surface area contributed by atoms with Gasteiger partial charge >= 0.3 is 0 Å². The molecule has 2 nitrogen and oxygen atoms in total. The van der Waals surface area contributed by atoms with Crippen LogP contribution in [0.3, 0.4) is 0 Å². The van der Waals surface area contributed by atoms with Gasteiger partial charge in [0.05, 0.1) is 12.2 Å². The fourth-order valence-electron chi connectivity index (χ4n) is 6.03. The molecule has 2 saturated carbocycles. The van der Waals surface area contributed by atoms with Crippen LogP contribution in [-0.4, -0.2) is 22.4 Å². The van der Waals surface area contributed by atoms with E-state index in [1.807, 2.05) is 0 Å². The SMILES string of the molecule is CCCCCCCCCCCC(C)(C1CCC(O)CC1)C1CCC(O)CC1. The fourth-order valence-corrected chi connectivity index (χ4v) is 6.03. The summed E-state index contributed by atoms with van der Waals surface area (Å²) in [5.41, 5.74) is 0.432. The maximum absolute atomic E-state index is 9.96. The van der Waals surface area contributed by atoms with Crippen molar-refractivity contribution in [1.82, 2.24) is 0 Å². The zero-order valence-corrected chi connectivity index (χ0v) is 18.4. The molecule has 0 bridgehead atoms. The highest BCUT2D eigenvalue weighted by Crippen LogP contribution is 2.51. The van der Waals surface area contributed by atoms with Gasteiger partial charge in [-0.3, -0.25) is 0 Å². The molecule has 0 radical (unpaired) electrons. The van der Waals surface area contributed by atoms with Gasteiger partial charge in [0.1, 0.15) is 0 Å². The molecular weight excluding hydrogens is 332 g/mol. The van der Waals surface area contributed by atoms with Crippen molar-refractivity contribution in [2.75, 3.05) is 0 Å². The van der Waals surface area contributed by atoms with E-state index in [0.717, 1.165) is 37.5 Å². The molecule has 2 heteroatoms. The smallest absolute Gasteiger partial charge is 0.0540 e. The van der Waals surface area contributed by atoms with E-state index in [1.54, 1.807) is 0 Å². The molecule has 0 aromatic rings. The first-order chi connectivity index (χ1) is 13.1. The third-order valence-corrected chi connectivity index (χ3v) is 8.08. The molecule has 2 aliphatic carbocycles. The molecule has 0 heterocycles. The van der Waals surface area contributed by atoms with Gasteiger partial charge in [-0.05, 0) is 75.0 Å². The molecule has 0 unspecified atom stereocenters. The van der Waals surface area contributed by atoms with Gasteiger partial charge in [0.15, 0.2) is 0 Å². The highest BCUT2D eigenvalue weighted by Gasteiger charge is 2.42. The second kappa shape index (κ2) is 12.5. The second-order valence-electron chi connectivity index (χ2n) is 10.1. The zero-order valence-electron chi connectivity index (χ0n) is 18.4. The summed E-state index contributed by atoms with van der Waals surface area (Å²) in [5.74, 6) is 1.57. The van der Waals surface area contributed by atoms with Gasteiger partial charge in [0.2, 0.25) is 0 Å². The maximum Gasteiger partial charge on any atom is 0.0540 e. The molecule has 2 aliphatic rings. The minimum absolute atomic E-state index is 0.0496. The van der Waals surface area contributed by atoms with E-state index in [0.29, 0.717) is 5.41 Å². The van der Waals surface area contributed by atoms with Crippen molar-refractivity contribution >= 4 is 0 Å². The molecule has 0 aromatic heterocycles. The Kier molecular flexibility index (Phi) is 10.7. The number of aliphatic hydroxyl groups is 2. The minimum atomic E-state index is -0.0496. The highest BCUT2D eigenvalue weighted by molar-refractivity contribution is 4.93. The maximum atomic E-state index is 9.96. The van der Waals surface area contributed by atoms with Crippen LogP contribution in [0.25, 0.3) is 0 Å². The summed E-state index contributed by atoms with van der Waals surface area (Å²) in [6.07, 6.45) is 22.8. The van der Waals surface area contributed by atoms with E-state index in [4.69, 9.17) is 0 Å². The number of rotatable bonds is 12. The van der Waals surface area contributed by atoms with Crippen LogP contribution in [0.4, 0.5) is 0 Å². The van der Waals surface area contributed by atoms with Crippen LogP contribution in [-0.2, 0) is 0 Å². The van der Waals surface area contributed by atoms with Gasteiger partial charge < -0.3 is 10.2 Å². The molecule has 0 atom stereocenters. The first-order valence-electron chi connectivity index (χ1n) is 12.4. The van der Waals surface area contributed by atoms with Gasteiger partial charge in [-0.2, -0.15) is 0 Å². The summed E-state index contributed by atoms with van der Waals surface area (Å²) in [4.78, 5) is 0. The van der Waals surface area contributed by atoms with E-state index in [2.05, 4.69) is 13.8 Å². The molecular formula is C25H48O2. The lowest BCUT2D eigenvalue weighted by Crippen LogP contribution is -2.40. The Hall–Kier alpha value is -0.0800. The lowest BCUT2D eigenvalue weighted by atomic mass is 9.57. The summed E-state index contributed by atoms with van der Waals surface area (Å²) >= 11 is 0. The number of hydrogen-bond acceptors (Lipinski definition) is 2. The van der Waals surface area contributed by atoms with Gasteiger partial charge in [-0.25, -0.2) is 0 Å². The minimum Gasteiger partial charge on any atom is -0.393 e. The number of hydrogen-bond donors (Lipinski definition) is 2. The van der Waals surface area contributed by atoms with E-state index < -0.39 is 0 Å². The van der Waals surface area contributed by atoms with Crippen LogP contribution in [0.5, 0.6) is 0 Å². The molecule has 27 heavy (non-hydrogen) atoms. The molecule has 2 rings (SSSR count). The molecule has 160 valence electrons. The summed E-state index contributed by atoms with van der Waals surface area (Å²) in [6.45, 7) is 4.86. The van der Waals surface area contributed by atoms with Crippen LogP contribution in [0, 0.1) is 17.3 Å². The highest BCUT2D eigenvalue weighted by atomic mass is 16.3. The standard InChI is InChI=1S/C25H48O2/c1-3-4-5-6-7-8-9-10-11-20-25(2,21-12-16-23(26)17-13-21)22-14-18-24(27)19-15-22/h21-24,26-27H,3-20H2,1-2H3.